The third-order valence-corrected chi connectivity index (χ3v) is 20.3. The van der Waals surface area contributed by atoms with Crippen molar-refractivity contribution in [1.82, 2.24) is 64.2 Å². The second kappa shape index (κ2) is 25.4. The molecular weight excluding hydrogens is 1070 g/mol. The van der Waals surface area contributed by atoms with E-state index in [1.165, 1.54) is 27.3 Å². The number of sulfonamides is 1. The Kier molecular flexibility index (Phi) is 17.5. The molecule has 24 heteroatoms. The number of fused-ring (bicyclic) bond motifs is 4. The number of aromatic amines is 2. The number of benzene rings is 2. The predicted molar refractivity (Wildman–Crippen MR) is 316 cm³/mol. The van der Waals surface area contributed by atoms with Crippen molar-refractivity contribution in [3.8, 4) is 22.8 Å². The molecule has 5 saturated heterocycles. The SMILES string of the molecule is COCCN(C)C1CCN(Cc2cc3nc(-c4cccc5[nH]ncc45)nc(N4CCOCC4)c3s2)CC1.O=S(=O)(CCCN1CCOCC1)N1CCN(Cc2cc3nc(-c4cccc5[nH]ncc45)nc(N4CCOCC4)c3s2)CC1. The normalized spacial score (nSPS) is 19.0. The zero-order chi connectivity index (χ0) is 54.4. The summed E-state index contributed by atoms with van der Waals surface area (Å²) in [5, 5.41) is 16.6. The van der Waals surface area contributed by atoms with Gasteiger partial charge in [0.15, 0.2) is 23.3 Å². The molecule has 426 valence electrons. The summed E-state index contributed by atoms with van der Waals surface area (Å²) in [7, 11) is 0.745. The molecule has 0 radical (unpaired) electrons. The summed E-state index contributed by atoms with van der Waals surface area (Å²) in [5.41, 5.74) is 5.89. The highest BCUT2D eigenvalue weighted by molar-refractivity contribution is 7.89. The predicted octanol–water partition coefficient (Wildman–Crippen LogP) is 5.85. The molecule has 0 atom stereocenters. The largest absolute Gasteiger partial charge is 0.383 e. The Hall–Kier alpha value is -5.35. The van der Waals surface area contributed by atoms with Crippen LogP contribution in [0, 0.1) is 0 Å². The zero-order valence-corrected chi connectivity index (χ0v) is 48.4. The number of aromatic nitrogens is 8. The molecule has 2 N–H and O–H groups in total. The van der Waals surface area contributed by atoms with Crippen LogP contribution in [0.15, 0.2) is 60.9 Å². The van der Waals surface area contributed by atoms with Crippen LogP contribution in [-0.4, -0.2) is 236 Å². The molecule has 80 heavy (non-hydrogen) atoms. The first kappa shape index (κ1) is 55.2. The Labute approximate surface area is 475 Å². The maximum Gasteiger partial charge on any atom is 0.214 e. The van der Waals surface area contributed by atoms with Crippen LogP contribution < -0.4 is 9.80 Å². The fourth-order valence-electron chi connectivity index (χ4n) is 11.6. The van der Waals surface area contributed by atoms with Crippen molar-refractivity contribution >= 4 is 86.6 Å². The lowest BCUT2D eigenvalue weighted by atomic mass is 10.0. The second-order valence-corrected chi connectivity index (χ2v) is 25.7. The van der Waals surface area contributed by atoms with Crippen LogP contribution in [0.1, 0.15) is 29.0 Å². The number of piperazine rings is 1. The molecule has 0 amide bonds. The minimum Gasteiger partial charge on any atom is -0.383 e. The number of thiophene rings is 2. The standard InChI is InChI=1S/C29H38N8O4S2.C27H35N7O2S/c38-43(39,18-2-5-34-10-14-40-15-11-34)37-8-6-35(7-9-37)21-22-19-26-27(42-22)29(36-12-16-41-17-13-36)32-28(31-26)23-3-1-4-25-24(23)20-30-33-25;1-32(10-13-35-2)19-6-8-33(9-7-19)18-20-16-24-25(37-20)27(34-11-14-36-15-12-34)30-26(29-24)21-4-3-5-23-22(21)17-28-31-23/h1,3-4,19-20H,2,5-18,21H2,(H,30,33);3-5,16-17,19H,6-15,18H2,1-2H3,(H,28,31). The molecule has 8 aromatic rings. The summed E-state index contributed by atoms with van der Waals surface area (Å²) < 4.78 is 51.9. The van der Waals surface area contributed by atoms with Crippen LogP contribution in [0.4, 0.5) is 11.6 Å². The number of nitrogens with zero attached hydrogens (tertiary/aromatic N) is 13. The number of ether oxygens (including phenoxy) is 4. The number of rotatable bonds is 17. The number of likely N-dealkylation sites (N-methyl/N-ethyl adjacent to an activating group) is 1. The van der Waals surface area contributed by atoms with Gasteiger partial charge in [0, 0.05) is 143 Å². The number of hydrogen-bond acceptors (Lipinski definition) is 20. The van der Waals surface area contributed by atoms with Gasteiger partial charge in [-0.25, -0.2) is 28.4 Å². The van der Waals surface area contributed by atoms with Crippen LogP contribution in [0.2, 0.25) is 0 Å². The van der Waals surface area contributed by atoms with Gasteiger partial charge in [0.05, 0.1) is 95.9 Å². The number of H-pyrrole nitrogens is 2. The number of piperidine rings is 1. The van der Waals surface area contributed by atoms with Crippen LogP contribution in [0.25, 0.3) is 65.0 Å². The van der Waals surface area contributed by atoms with Gasteiger partial charge < -0.3 is 33.6 Å². The highest BCUT2D eigenvalue weighted by atomic mass is 32.2. The van der Waals surface area contributed by atoms with Gasteiger partial charge >= 0.3 is 0 Å². The molecule has 6 aromatic heterocycles. The van der Waals surface area contributed by atoms with Crippen LogP contribution in [-0.2, 0) is 42.1 Å². The van der Waals surface area contributed by atoms with Crippen molar-refractivity contribution in [2.75, 3.05) is 168 Å². The summed E-state index contributed by atoms with van der Waals surface area (Å²) >= 11 is 3.58. The van der Waals surface area contributed by atoms with Crippen LogP contribution in [0.5, 0.6) is 0 Å². The molecule has 5 aliphatic heterocycles. The molecule has 0 saturated carbocycles. The fraction of sp³-hybridized carbons (Fsp3) is 0.536. The summed E-state index contributed by atoms with van der Waals surface area (Å²) in [5.74, 6) is 3.63. The monoisotopic (exact) mass is 1150 g/mol. The van der Waals surface area contributed by atoms with E-state index in [4.69, 9.17) is 38.9 Å². The first-order valence-electron chi connectivity index (χ1n) is 28.3. The van der Waals surface area contributed by atoms with Crippen molar-refractivity contribution in [2.24, 2.45) is 0 Å². The molecule has 5 fully saturated rings. The summed E-state index contributed by atoms with van der Waals surface area (Å²) in [6.07, 6.45) is 6.75. The zero-order valence-electron chi connectivity index (χ0n) is 45.9. The van der Waals surface area contributed by atoms with Crippen molar-refractivity contribution in [2.45, 2.75) is 38.4 Å². The lowest BCUT2D eigenvalue weighted by molar-refractivity contribution is 0.0380. The van der Waals surface area contributed by atoms with Gasteiger partial charge in [-0.2, -0.15) is 14.5 Å². The van der Waals surface area contributed by atoms with Crippen molar-refractivity contribution < 1.29 is 27.4 Å². The van der Waals surface area contributed by atoms with Crippen LogP contribution >= 0.6 is 22.7 Å². The van der Waals surface area contributed by atoms with E-state index in [1.807, 2.05) is 54.1 Å². The van der Waals surface area contributed by atoms with Gasteiger partial charge in [-0.05, 0) is 57.1 Å². The van der Waals surface area contributed by atoms with Crippen molar-refractivity contribution in [3.63, 3.8) is 0 Å². The Morgan fingerprint density at radius 1 is 0.637 bits per heavy atom. The average molecular weight is 1150 g/mol. The number of likely N-dealkylation sites (tertiary alicyclic amines) is 1. The quantitative estimate of drug-likeness (QED) is 0.110. The van der Waals surface area contributed by atoms with Gasteiger partial charge in [0.2, 0.25) is 10.0 Å². The smallest absolute Gasteiger partial charge is 0.214 e. The molecule has 11 heterocycles. The molecule has 0 unspecified atom stereocenters. The van der Waals surface area contributed by atoms with Gasteiger partial charge in [-0.1, -0.05) is 24.3 Å². The van der Waals surface area contributed by atoms with Crippen LogP contribution in [0.3, 0.4) is 0 Å². The van der Waals surface area contributed by atoms with E-state index in [9.17, 15) is 8.42 Å². The molecule has 13 rings (SSSR count). The Morgan fingerprint density at radius 2 is 1.14 bits per heavy atom. The summed E-state index contributed by atoms with van der Waals surface area (Å²) in [4.78, 5) is 37.2. The number of morpholine rings is 3. The number of methoxy groups -OCH3 is 1. The Balaban J connectivity index is 0.000000161. The molecule has 21 nitrogen and oxygen atoms in total. The average Bonchev–Trinajstić information content (AvgIpc) is 4.37. The van der Waals surface area contributed by atoms with Gasteiger partial charge in [-0.15, -0.1) is 22.7 Å². The minimum atomic E-state index is -3.25. The number of anilines is 2. The maximum atomic E-state index is 13.0. The molecule has 0 aliphatic carbocycles. The van der Waals surface area contributed by atoms with Crippen molar-refractivity contribution in [3.05, 3.63) is 70.7 Å². The highest BCUT2D eigenvalue weighted by Gasteiger charge is 2.29. The fourth-order valence-corrected chi connectivity index (χ4v) is 15.4. The minimum absolute atomic E-state index is 0.207. The summed E-state index contributed by atoms with van der Waals surface area (Å²) in [6, 6.07) is 17.3. The Morgan fingerprint density at radius 3 is 1.65 bits per heavy atom. The van der Waals surface area contributed by atoms with Gasteiger partial charge in [-0.3, -0.25) is 24.9 Å². The maximum absolute atomic E-state index is 13.0. The molecule has 0 spiro atoms. The first-order chi connectivity index (χ1) is 39.2. The van der Waals surface area contributed by atoms with E-state index in [0.29, 0.717) is 57.7 Å². The highest BCUT2D eigenvalue weighted by Crippen LogP contribution is 2.39. The lowest BCUT2D eigenvalue weighted by Crippen LogP contribution is -2.49. The topological polar surface area (TPSA) is 203 Å². The van der Waals surface area contributed by atoms with E-state index >= 15 is 0 Å². The number of nitrogens with one attached hydrogen (secondary N) is 2. The van der Waals surface area contributed by atoms with E-state index in [2.05, 4.69) is 75.0 Å². The van der Waals surface area contributed by atoms with E-state index in [1.54, 1.807) is 22.8 Å². The molecule has 0 bridgehead atoms. The molecule has 5 aliphatic rings. The third-order valence-electron chi connectivity index (χ3n) is 16.2. The van der Waals surface area contributed by atoms with Crippen molar-refractivity contribution in [1.29, 1.82) is 0 Å². The van der Waals surface area contributed by atoms with E-state index in [0.717, 1.165) is 178 Å². The van der Waals surface area contributed by atoms with E-state index < -0.39 is 10.0 Å². The van der Waals surface area contributed by atoms with Gasteiger partial charge in [0.25, 0.3) is 0 Å². The summed E-state index contributed by atoms with van der Waals surface area (Å²) in [6.45, 7) is 18.4. The lowest BCUT2D eigenvalue weighted by Gasteiger charge is -2.36. The second-order valence-electron chi connectivity index (χ2n) is 21.3. The molecule has 2 aromatic carbocycles. The third kappa shape index (κ3) is 12.7. The van der Waals surface area contributed by atoms with E-state index in [-0.39, 0.29) is 5.75 Å². The number of hydrogen-bond donors (Lipinski definition) is 2. The first-order valence-corrected chi connectivity index (χ1v) is 31.5. The molecular formula is C56H73N15O6S3. The Bertz CT molecular complexity index is 3450. The van der Waals surface area contributed by atoms with Gasteiger partial charge in [0.1, 0.15) is 0 Å².